The fraction of sp³-hybridized carbons (Fsp3) is 0.346. The van der Waals surface area contributed by atoms with Crippen LogP contribution in [0.4, 0.5) is 16.2 Å². The molecule has 0 aromatic heterocycles. The summed E-state index contributed by atoms with van der Waals surface area (Å²) in [5, 5.41) is 17.4. The molecular weight excluding hydrogens is 478 g/mol. The fourth-order valence-electron chi connectivity index (χ4n) is 4.19. The predicted molar refractivity (Wildman–Crippen MR) is 137 cm³/mol. The molecule has 6 N–H and O–H groups in total. The van der Waals surface area contributed by atoms with Gasteiger partial charge in [-0.25, -0.2) is 9.59 Å². The van der Waals surface area contributed by atoms with Crippen LogP contribution in [0.2, 0.25) is 0 Å². The highest BCUT2D eigenvalue weighted by atomic mass is 16.4. The highest BCUT2D eigenvalue weighted by molar-refractivity contribution is 6.12. The van der Waals surface area contributed by atoms with E-state index >= 15 is 0 Å². The maximum absolute atomic E-state index is 13.6. The van der Waals surface area contributed by atoms with Crippen LogP contribution in [0.5, 0.6) is 0 Å². The number of anilines is 2. The molecule has 3 atom stereocenters. The van der Waals surface area contributed by atoms with Gasteiger partial charge in [-0.15, -0.1) is 0 Å². The average Bonchev–Trinajstić information content (AvgIpc) is 2.85. The average molecular weight is 510 g/mol. The molecule has 0 spiro atoms. The lowest BCUT2D eigenvalue weighted by atomic mass is 9.97. The van der Waals surface area contributed by atoms with Crippen molar-refractivity contribution in [3.63, 3.8) is 0 Å². The number of nitrogens with one attached hydrogen (secondary N) is 3. The van der Waals surface area contributed by atoms with Gasteiger partial charge in [0.25, 0.3) is 0 Å². The Balaban J connectivity index is 1.90. The summed E-state index contributed by atoms with van der Waals surface area (Å²) in [5.74, 6) is -3.38. The summed E-state index contributed by atoms with van der Waals surface area (Å²) >= 11 is 0. The van der Waals surface area contributed by atoms with Crippen LogP contribution in [0.1, 0.15) is 32.3 Å². The summed E-state index contributed by atoms with van der Waals surface area (Å²) in [4.78, 5) is 63.9. The molecule has 37 heavy (non-hydrogen) atoms. The maximum Gasteiger partial charge on any atom is 0.326 e. The molecule has 0 saturated heterocycles. The first kappa shape index (κ1) is 27.2. The fourth-order valence-corrected chi connectivity index (χ4v) is 4.19. The van der Waals surface area contributed by atoms with Gasteiger partial charge in [-0.3, -0.25) is 19.3 Å². The van der Waals surface area contributed by atoms with Crippen LogP contribution in [-0.4, -0.2) is 53.0 Å². The molecule has 0 unspecified atom stereocenters. The zero-order chi connectivity index (χ0) is 27.1. The van der Waals surface area contributed by atoms with Crippen molar-refractivity contribution >= 4 is 41.1 Å². The number of rotatable bonds is 10. The van der Waals surface area contributed by atoms with Crippen molar-refractivity contribution in [3.05, 3.63) is 60.2 Å². The highest BCUT2D eigenvalue weighted by Crippen LogP contribution is 2.34. The first-order valence-corrected chi connectivity index (χ1v) is 11.9. The second-order valence-corrected chi connectivity index (χ2v) is 9.16. The summed E-state index contributed by atoms with van der Waals surface area (Å²) in [6, 6.07) is 11.7. The van der Waals surface area contributed by atoms with Crippen LogP contribution in [0.3, 0.4) is 0 Å². The predicted octanol–water partition coefficient (Wildman–Crippen LogP) is 1.63. The van der Waals surface area contributed by atoms with Gasteiger partial charge in [0, 0.05) is 12.8 Å². The van der Waals surface area contributed by atoms with E-state index < -0.39 is 41.9 Å². The van der Waals surface area contributed by atoms with Crippen molar-refractivity contribution in [2.24, 2.45) is 11.7 Å². The number of nitrogens with zero attached hydrogens (tertiary/aromatic N) is 1. The second-order valence-electron chi connectivity index (χ2n) is 9.16. The number of fused-ring (bicyclic) bond motifs is 1. The normalized spacial score (nSPS) is 16.2. The number of para-hydroxylation sites is 2. The Kier molecular flexibility index (Phi) is 8.83. The van der Waals surface area contributed by atoms with E-state index in [-0.39, 0.29) is 31.1 Å². The highest BCUT2D eigenvalue weighted by Gasteiger charge is 2.40. The van der Waals surface area contributed by atoms with Crippen LogP contribution in [0.15, 0.2) is 54.6 Å². The molecular formula is C26H31N5O6. The van der Waals surface area contributed by atoms with E-state index in [1.54, 1.807) is 54.6 Å². The van der Waals surface area contributed by atoms with Crippen molar-refractivity contribution in [2.75, 3.05) is 10.2 Å². The van der Waals surface area contributed by atoms with Gasteiger partial charge in [-0.1, -0.05) is 56.3 Å². The van der Waals surface area contributed by atoms with Crippen LogP contribution in [-0.2, 0) is 25.6 Å². The third kappa shape index (κ3) is 6.84. The number of aliphatic carboxylic acids is 1. The number of carbonyl (C=O) groups is 5. The van der Waals surface area contributed by atoms with E-state index in [1.165, 1.54) is 4.90 Å². The number of carboxylic acids is 1. The smallest absolute Gasteiger partial charge is 0.326 e. The van der Waals surface area contributed by atoms with Crippen molar-refractivity contribution in [3.8, 4) is 0 Å². The van der Waals surface area contributed by atoms with Gasteiger partial charge >= 0.3 is 12.0 Å². The minimum atomic E-state index is -1.37. The largest absolute Gasteiger partial charge is 0.480 e. The molecule has 3 rings (SSSR count). The number of hydrogen-bond donors (Lipinski definition) is 5. The summed E-state index contributed by atoms with van der Waals surface area (Å²) in [7, 11) is 0. The molecule has 2 aromatic carbocycles. The molecule has 1 aliphatic heterocycles. The van der Waals surface area contributed by atoms with Crippen LogP contribution < -0.4 is 26.6 Å². The summed E-state index contributed by atoms with van der Waals surface area (Å²) in [6.45, 7) is 3.62. The molecule has 0 bridgehead atoms. The van der Waals surface area contributed by atoms with Crippen LogP contribution in [0, 0.1) is 5.92 Å². The molecule has 5 amide bonds. The molecule has 0 fully saturated rings. The third-order valence-electron chi connectivity index (χ3n) is 6.01. The minimum Gasteiger partial charge on any atom is -0.480 e. The number of primary amides is 1. The molecule has 11 heteroatoms. The second kappa shape index (κ2) is 12.0. The SMILES string of the molecule is CC(C)[C@H]1C(=O)Nc2ccccc2N1C(=O)N[C@@H](Cc1ccccc1)C(=O)N[C@@H](CCC(N)=O)C(=O)O. The summed E-state index contributed by atoms with van der Waals surface area (Å²) in [5.41, 5.74) is 6.79. The number of nitrogens with two attached hydrogens (primary N) is 1. The third-order valence-corrected chi connectivity index (χ3v) is 6.01. The molecule has 11 nitrogen and oxygen atoms in total. The quantitative estimate of drug-likeness (QED) is 0.326. The maximum atomic E-state index is 13.6. The van der Waals surface area contributed by atoms with Gasteiger partial charge in [0.1, 0.15) is 18.1 Å². The van der Waals surface area contributed by atoms with Crippen molar-refractivity contribution in [2.45, 2.75) is 51.2 Å². The van der Waals surface area contributed by atoms with Crippen LogP contribution >= 0.6 is 0 Å². The van der Waals surface area contributed by atoms with Gasteiger partial charge in [0.15, 0.2) is 0 Å². The molecule has 0 radical (unpaired) electrons. The number of hydrogen-bond acceptors (Lipinski definition) is 5. The van der Waals surface area contributed by atoms with Crippen molar-refractivity contribution in [1.29, 1.82) is 0 Å². The Morgan fingerprint density at radius 1 is 1.00 bits per heavy atom. The number of amides is 5. The zero-order valence-electron chi connectivity index (χ0n) is 20.6. The lowest BCUT2D eigenvalue weighted by Crippen LogP contribution is -2.60. The lowest BCUT2D eigenvalue weighted by Gasteiger charge is -2.39. The molecule has 196 valence electrons. The Hall–Kier alpha value is -4.41. The van der Waals surface area contributed by atoms with E-state index in [0.29, 0.717) is 11.4 Å². The Bertz CT molecular complexity index is 1170. The number of carboxylic acid groups (broad SMARTS) is 1. The van der Waals surface area contributed by atoms with E-state index in [2.05, 4.69) is 16.0 Å². The lowest BCUT2D eigenvalue weighted by molar-refractivity contribution is -0.142. The van der Waals surface area contributed by atoms with Gasteiger partial charge in [-0.05, 0) is 30.0 Å². The van der Waals surface area contributed by atoms with Crippen molar-refractivity contribution in [1.82, 2.24) is 10.6 Å². The van der Waals surface area contributed by atoms with Gasteiger partial charge in [0.05, 0.1) is 11.4 Å². The number of carbonyl (C=O) groups excluding carboxylic acids is 4. The summed E-state index contributed by atoms with van der Waals surface area (Å²) in [6.07, 6.45) is -0.366. The monoisotopic (exact) mass is 509 g/mol. The van der Waals surface area contributed by atoms with Gasteiger partial charge < -0.3 is 26.8 Å². The molecule has 1 aliphatic rings. The van der Waals surface area contributed by atoms with E-state index in [1.807, 2.05) is 13.8 Å². The topological polar surface area (TPSA) is 171 Å². The number of urea groups is 1. The standard InChI is InChI=1S/C26H31N5O6/c1-15(2)22-24(34)28-17-10-6-7-11-20(17)31(22)26(37)30-19(14-16-8-4-3-5-9-16)23(33)29-18(25(35)36)12-13-21(27)32/h3-11,15,18-19,22H,12-14H2,1-2H3,(H2,27,32)(H,28,34)(H,29,33)(H,30,37)(H,35,36)/t18-,19-,22-/m0/s1. The summed E-state index contributed by atoms with van der Waals surface area (Å²) < 4.78 is 0. The number of benzene rings is 2. The Morgan fingerprint density at radius 3 is 2.27 bits per heavy atom. The Morgan fingerprint density at radius 2 is 1.65 bits per heavy atom. The van der Waals surface area contributed by atoms with Gasteiger partial charge in [-0.2, -0.15) is 0 Å². The molecule has 1 heterocycles. The minimum absolute atomic E-state index is 0.0641. The molecule has 2 aromatic rings. The van der Waals surface area contributed by atoms with E-state index in [0.717, 1.165) is 5.56 Å². The Labute approximate surface area is 214 Å². The van der Waals surface area contributed by atoms with Crippen LogP contribution in [0.25, 0.3) is 0 Å². The van der Waals surface area contributed by atoms with Gasteiger partial charge in [0.2, 0.25) is 17.7 Å². The van der Waals surface area contributed by atoms with Crippen molar-refractivity contribution < 1.29 is 29.1 Å². The van der Waals surface area contributed by atoms with E-state index in [9.17, 15) is 29.1 Å². The molecule has 0 aliphatic carbocycles. The van der Waals surface area contributed by atoms with E-state index in [4.69, 9.17) is 5.73 Å². The first-order valence-electron chi connectivity index (χ1n) is 11.9. The zero-order valence-corrected chi connectivity index (χ0v) is 20.6. The molecule has 0 saturated carbocycles. The first-order chi connectivity index (χ1) is 17.6.